The Balaban J connectivity index is 1.70. The molecule has 1 saturated heterocycles. The molecule has 1 fully saturated rings. The van der Waals surface area contributed by atoms with Gasteiger partial charge in [-0.05, 0) is 29.8 Å². The summed E-state index contributed by atoms with van der Waals surface area (Å²) in [4.78, 5) is 18.8. The zero-order chi connectivity index (χ0) is 16.7. The van der Waals surface area contributed by atoms with Gasteiger partial charge in [-0.2, -0.15) is 5.26 Å². The van der Waals surface area contributed by atoms with Crippen LogP contribution in [-0.4, -0.2) is 40.7 Å². The Bertz CT molecular complexity index is 847. The molecule has 24 heavy (non-hydrogen) atoms. The molecule has 1 N–H and O–H groups in total. The second kappa shape index (κ2) is 5.82. The van der Waals surface area contributed by atoms with Crippen LogP contribution in [0.3, 0.4) is 0 Å². The number of rotatable bonds is 2. The smallest absolute Gasteiger partial charge is 0.415 e. The van der Waals surface area contributed by atoms with Gasteiger partial charge in [0.15, 0.2) is 0 Å². The van der Waals surface area contributed by atoms with Gasteiger partial charge < -0.3 is 9.84 Å². The van der Waals surface area contributed by atoms with Crippen molar-refractivity contribution < 1.29 is 14.6 Å². The van der Waals surface area contributed by atoms with Gasteiger partial charge in [0.25, 0.3) is 0 Å². The summed E-state index contributed by atoms with van der Waals surface area (Å²) in [6, 6.07) is 11.2. The maximum Gasteiger partial charge on any atom is 0.415 e. The Hall–Kier alpha value is -2.56. The number of nitrogens with zero attached hydrogens (tertiary/aromatic N) is 3. The molecule has 4 rings (SSSR count). The molecule has 2 aliphatic heterocycles. The van der Waals surface area contributed by atoms with Crippen LogP contribution >= 0.6 is 11.8 Å². The number of hydrogen-bond donors (Lipinski definition) is 1. The van der Waals surface area contributed by atoms with Crippen molar-refractivity contribution in [2.24, 2.45) is 0 Å². The lowest BCUT2D eigenvalue weighted by atomic mass is 10.1. The number of aliphatic hydroxyl groups excluding tert-OH is 1. The van der Waals surface area contributed by atoms with Crippen LogP contribution < -0.4 is 4.90 Å². The first kappa shape index (κ1) is 15.0. The van der Waals surface area contributed by atoms with Crippen LogP contribution in [0.25, 0.3) is 11.1 Å². The van der Waals surface area contributed by atoms with Crippen molar-refractivity contribution in [2.45, 2.75) is 17.0 Å². The van der Waals surface area contributed by atoms with E-state index in [0.29, 0.717) is 11.4 Å². The monoisotopic (exact) mass is 339 g/mol. The minimum Gasteiger partial charge on any atom is -0.441 e. The predicted molar refractivity (Wildman–Crippen MR) is 88.7 cm³/mol. The maximum absolute atomic E-state index is 12.1. The highest BCUT2D eigenvalue weighted by Gasteiger charge is 2.45. The van der Waals surface area contributed by atoms with E-state index in [9.17, 15) is 9.90 Å². The highest BCUT2D eigenvalue weighted by Crippen LogP contribution is 2.43. The third-order valence-corrected chi connectivity index (χ3v) is 5.38. The van der Waals surface area contributed by atoms with Crippen LogP contribution in [-0.2, 0) is 4.74 Å². The largest absolute Gasteiger partial charge is 0.441 e. The van der Waals surface area contributed by atoms with Crippen molar-refractivity contribution in [3.8, 4) is 17.2 Å². The highest BCUT2D eigenvalue weighted by molar-refractivity contribution is 7.99. The summed E-state index contributed by atoms with van der Waals surface area (Å²) in [7, 11) is 0. The topological polar surface area (TPSA) is 86.4 Å². The summed E-state index contributed by atoms with van der Waals surface area (Å²) in [5.74, 6) is 0.680. The maximum atomic E-state index is 12.1. The third-order valence-electron chi connectivity index (χ3n) is 4.23. The molecular weight excluding hydrogens is 326 g/mol. The number of amides is 1. The van der Waals surface area contributed by atoms with Gasteiger partial charge in [-0.3, -0.25) is 4.90 Å². The third kappa shape index (κ3) is 2.31. The normalized spacial score (nSPS) is 21.7. The van der Waals surface area contributed by atoms with Crippen molar-refractivity contribution in [2.75, 3.05) is 17.3 Å². The number of nitriles is 1. The number of cyclic esters (lactones) is 1. The van der Waals surface area contributed by atoms with Gasteiger partial charge in [0.2, 0.25) is 0 Å². The minimum atomic E-state index is -0.472. The molecule has 0 aliphatic carbocycles. The molecule has 2 aromatic rings. The Morgan fingerprint density at radius 2 is 2.21 bits per heavy atom. The summed E-state index contributed by atoms with van der Waals surface area (Å²) < 4.78 is 5.24. The molecule has 0 radical (unpaired) electrons. The quantitative estimate of drug-likeness (QED) is 0.904. The predicted octanol–water partition coefficient (Wildman–Crippen LogP) is 2.41. The number of aliphatic hydroxyl groups is 1. The van der Waals surface area contributed by atoms with E-state index < -0.39 is 12.2 Å². The van der Waals surface area contributed by atoms with Crippen molar-refractivity contribution >= 4 is 23.5 Å². The van der Waals surface area contributed by atoms with Gasteiger partial charge in [0, 0.05) is 22.4 Å². The Labute approximate surface area is 142 Å². The van der Waals surface area contributed by atoms with Crippen molar-refractivity contribution in [3.05, 3.63) is 42.2 Å². The van der Waals surface area contributed by atoms with Gasteiger partial charge in [0.05, 0.1) is 18.3 Å². The molecule has 3 heterocycles. The van der Waals surface area contributed by atoms with Crippen LogP contribution in [0.2, 0.25) is 0 Å². The number of pyridine rings is 1. The standard InChI is InChI=1S/C17H13N3O3S/c18-6-12-3-1-11(7-19-12)10-2-4-13-16(5-10)24-9-14-15(8-21)23-17(22)20(13)14/h1-5,7,14-15,21H,8-9H2/t14-,15-/m0/s1. The lowest BCUT2D eigenvalue weighted by Crippen LogP contribution is -2.42. The molecule has 2 atom stereocenters. The van der Waals surface area contributed by atoms with Gasteiger partial charge in [-0.25, -0.2) is 9.78 Å². The summed E-state index contributed by atoms with van der Waals surface area (Å²) >= 11 is 1.65. The average Bonchev–Trinajstić information content (AvgIpc) is 2.97. The van der Waals surface area contributed by atoms with E-state index >= 15 is 0 Å². The number of anilines is 1. The van der Waals surface area contributed by atoms with Crippen LogP contribution in [0, 0.1) is 11.3 Å². The molecule has 0 unspecified atom stereocenters. The van der Waals surface area contributed by atoms with E-state index in [1.165, 1.54) is 0 Å². The fourth-order valence-corrected chi connectivity index (χ4v) is 4.24. The van der Waals surface area contributed by atoms with Crippen molar-refractivity contribution in [1.29, 1.82) is 5.26 Å². The number of thioether (sulfide) groups is 1. The van der Waals surface area contributed by atoms with E-state index in [4.69, 9.17) is 10.00 Å². The second-order valence-corrected chi connectivity index (χ2v) is 6.64. The molecular formula is C17H13N3O3S. The van der Waals surface area contributed by atoms with Crippen LogP contribution in [0.1, 0.15) is 5.69 Å². The van der Waals surface area contributed by atoms with E-state index in [2.05, 4.69) is 4.98 Å². The molecule has 1 aromatic carbocycles. The van der Waals surface area contributed by atoms with E-state index in [1.807, 2.05) is 30.3 Å². The summed E-state index contributed by atoms with van der Waals surface area (Å²) in [5.41, 5.74) is 3.08. The van der Waals surface area contributed by atoms with E-state index in [0.717, 1.165) is 21.7 Å². The second-order valence-electron chi connectivity index (χ2n) is 5.58. The Kier molecular flexibility index (Phi) is 3.63. The molecule has 2 aliphatic rings. The van der Waals surface area contributed by atoms with E-state index in [1.54, 1.807) is 28.9 Å². The molecule has 7 heteroatoms. The van der Waals surface area contributed by atoms with E-state index in [-0.39, 0.29) is 12.6 Å². The molecule has 0 saturated carbocycles. The SMILES string of the molecule is N#Cc1ccc(-c2ccc3c(c2)SC[C@H]2[C@H](CO)OC(=O)N32)cn1. The lowest BCUT2D eigenvalue weighted by molar-refractivity contribution is 0.0859. The van der Waals surface area contributed by atoms with Crippen LogP contribution in [0.5, 0.6) is 0 Å². The van der Waals surface area contributed by atoms with Crippen molar-refractivity contribution in [3.63, 3.8) is 0 Å². The number of fused-ring (bicyclic) bond motifs is 3. The van der Waals surface area contributed by atoms with Gasteiger partial charge in [0.1, 0.15) is 17.9 Å². The summed E-state index contributed by atoms with van der Waals surface area (Å²) in [6.45, 7) is -0.169. The zero-order valence-corrected chi connectivity index (χ0v) is 13.4. The number of aromatic nitrogens is 1. The average molecular weight is 339 g/mol. The molecule has 6 nitrogen and oxygen atoms in total. The number of benzene rings is 1. The summed E-state index contributed by atoms with van der Waals surface area (Å²) in [5, 5.41) is 18.2. The highest BCUT2D eigenvalue weighted by atomic mass is 32.2. The zero-order valence-electron chi connectivity index (χ0n) is 12.5. The minimum absolute atomic E-state index is 0.137. The van der Waals surface area contributed by atoms with Crippen LogP contribution in [0.15, 0.2) is 41.4 Å². The molecule has 1 amide bonds. The first-order valence-corrected chi connectivity index (χ1v) is 8.44. The van der Waals surface area contributed by atoms with Gasteiger partial charge in [-0.1, -0.05) is 6.07 Å². The van der Waals surface area contributed by atoms with Crippen molar-refractivity contribution in [1.82, 2.24) is 4.98 Å². The fraction of sp³-hybridized carbons (Fsp3) is 0.235. The number of ether oxygens (including phenoxy) is 1. The fourth-order valence-electron chi connectivity index (χ4n) is 3.00. The Morgan fingerprint density at radius 3 is 2.92 bits per heavy atom. The molecule has 120 valence electrons. The first-order valence-electron chi connectivity index (χ1n) is 7.45. The number of carbonyl (C=O) groups is 1. The molecule has 0 spiro atoms. The summed E-state index contributed by atoms with van der Waals surface area (Å²) in [6.07, 6.45) is 0.789. The van der Waals surface area contributed by atoms with Gasteiger partial charge >= 0.3 is 6.09 Å². The van der Waals surface area contributed by atoms with Gasteiger partial charge in [-0.15, -0.1) is 11.8 Å². The Morgan fingerprint density at radius 1 is 1.38 bits per heavy atom. The number of hydrogen-bond acceptors (Lipinski definition) is 6. The first-order chi connectivity index (χ1) is 11.7. The molecule has 0 bridgehead atoms. The molecule has 1 aromatic heterocycles. The number of carbonyl (C=O) groups excluding carboxylic acids is 1. The lowest BCUT2D eigenvalue weighted by Gasteiger charge is -2.30. The van der Waals surface area contributed by atoms with Crippen LogP contribution in [0.4, 0.5) is 10.5 Å².